The van der Waals surface area contributed by atoms with Crippen molar-refractivity contribution >= 4 is 29.2 Å². The first kappa shape index (κ1) is 36.8. The summed E-state index contributed by atoms with van der Waals surface area (Å²) in [6, 6.07) is 2.72. The van der Waals surface area contributed by atoms with Crippen molar-refractivity contribution < 1.29 is 41.7 Å². The predicted molar refractivity (Wildman–Crippen MR) is 183 cm³/mol. The van der Waals surface area contributed by atoms with E-state index in [0.29, 0.717) is 65.1 Å². The number of aromatic nitrogens is 3. The van der Waals surface area contributed by atoms with Crippen molar-refractivity contribution in [3.05, 3.63) is 63.7 Å². The molecule has 1 N–H and O–H groups in total. The number of amides is 2. The molecule has 2 aromatic heterocycles. The van der Waals surface area contributed by atoms with E-state index in [1.54, 1.807) is 48.5 Å². The van der Waals surface area contributed by atoms with Gasteiger partial charge in [-0.3, -0.25) is 0 Å². The Morgan fingerprint density at radius 3 is 2.35 bits per heavy atom. The number of alkyl halides is 2. The first-order chi connectivity index (χ1) is 23.7. The Kier molecular flexibility index (Phi) is 9.51. The number of nitrogens with zero attached hydrogens (tertiary/aromatic N) is 4. The molecule has 1 fully saturated rings. The normalized spacial score (nSPS) is 21.4. The third-order valence-electron chi connectivity index (χ3n) is 9.01. The summed E-state index contributed by atoms with van der Waals surface area (Å²) < 4.78 is 68.6. The van der Waals surface area contributed by atoms with Crippen molar-refractivity contribution in [3.8, 4) is 0 Å². The molecule has 14 heteroatoms. The highest BCUT2D eigenvalue weighted by Gasteiger charge is 2.50. The largest absolute Gasteiger partial charge is 0.443 e. The highest BCUT2D eigenvalue weighted by molar-refractivity contribution is 6.08. The van der Waals surface area contributed by atoms with Crippen LogP contribution in [0.4, 0.5) is 28.7 Å². The molecule has 0 radical (unpaired) electrons. The number of fused-ring (bicyclic) bond motifs is 3. The Bertz CT molecular complexity index is 1870. The van der Waals surface area contributed by atoms with Crippen LogP contribution in [0.3, 0.4) is 0 Å². The Morgan fingerprint density at radius 2 is 1.73 bits per heavy atom. The average Bonchev–Trinajstić information content (AvgIpc) is 3.66. The van der Waals surface area contributed by atoms with Gasteiger partial charge in [-0.2, -0.15) is 4.98 Å². The number of halogens is 3. The summed E-state index contributed by atoms with van der Waals surface area (Å²) in [5.74, 6) is -1.94. The maximum absolute atomic E-state index is 15.0. The number of carbonyl (C=O) groups is 2. The highest BCUT2D eigenvalue weighted by Crippen LogP contribution is 2.46. The highest BCUT2D eigenvalue weighted by atomic mass is 19.3. The van der Waals surface area contributed by atoms with Crippen molar-refractivity contribution in [2.75, 3.05) is 11.4 Å². The van der Waals surface area contributed by atoms with E-state index in [0.717, 1.165) is 11.1 Å². The zero-order chi connectivity index (χ0) is 37.2. The first-order valence-corrected chi connectivity index (χ1v) is 17.2. The molecule has 0 bridgehead atoms. The number of carbonyl (C=O) groups excluding carboxylic acids is 2. The second-order valence-electron chi connectivity index (χ2n) is 15.7. The molecule has 1 saturated heterocycles. The number of anilines is 1. The van der Waals surface area contributed by atoms with Crippen LogP contribution in [0.5, 0.6) is 0 Å². The average molecular weight is 714 g/mol. The molecule has 0 unspecified atom stereocenters. The number of rotatable bonds is 6. The number of hydrogen-bond donors (Lipinski definition) is 1. The van der Waals surface area contributed by atoms with Crippen LogP contribution in [0.1, 0.15) is 102 Å². The fourth-order valence-corrected chi connectivity index (χ4v) is 6.97. The van der Waals surface area contributed by atoms with Gasteiger partial charge in [0.05, 0.1) is 17.3 Å². The molecule has 2 amide bonds. The van der Waals surface area contributed by atoms with Gasteiger partial charge in [0.15, 0.2) is 5.79 Å². The molecule has 3 aromatic rings. The molecule has 51 heavy (non-hydrogen) atoms. The quantitative estimate of drug-likeness (QED) is 0.256. The molecule has 276 valence electrons. The van der Waals surface area contributed by atoms with Crippen LogP contribution in [0.2, 0.25) is 0 Å². The molecule has 4 heterocycles. The zero-order valence-electron chi connectivity index (χ0n) is 30.5. The maximum Gasteiger partial charge on any atom is 0.427 e. The van der Waals surface area contributed by atoms with E-state index in [1.165, 1.54) is 6.07 Å². The maximum atomic E-state index is 15.0. The molecule has 1 aliphatic carbocycles. The molecular formula is C37H46F3N5O6. The molecule has 0 spiro atoms. The summed E-state index contributed by atoms with van der Waals surface area (Å²) in [6.45, 7) is 16.4. The summed E-state index contributed by atoms with van der Waals surface area (Å²) in [4.78, 5) is 36.8. The molecule has 0 saturated carbocycles. The van der Waals surface area contributed by atoms with E-state index in [1.807, 2.05) is 36.8 Å². The van der Waals surface area contributed by atoms with E-state index in [2.05, 4.69) is 10.3 Å². The van der Waals surface area contributed by atoms with Gasteiger partial charge in [0.2, 0.25) is 5.95 Å². The van der Waals surface area contributed by atoms with E-state index in [4.69, 9.17) is 23.9 Å². The Balaban J connectivity index is 1.38. The van der Waals surface area contributed by atoms with E-state index in [-0.39, 0.29) is 5.95 Å². The molecule has 3 aliphatic rings. The molecule has 6 rings (SSSR count). The predicted octanol–water partition coefficient (Wildman–Crippen LogP) is 7.77. The lowest BCUT2D eigenvalue weighted by Gasteiger charge is -2.27. The summed E-state index contributed by atoms with van der Waals surface area (Å²) in [7, 11) is 0. The summed E-state index contributed by atoms with van der Waals surface area (Å²) in [5.41, 5.74) is 1.21. The third kappa shape index (κ3) is 7.49. The number of hydrogen-bond acceptors (Lipinski definition) is 9. The van der Waals surface area contributed by atoms with Gasteiger partial charge in [0.25, 0.3) is 6.43 Å². The van der Waals surface area contributed by atoms with Crippen molar-refractivity contribution in [1.82, 2.24) is 19.9 Å². The number of benzene rings is 1. The van der Waals surface area contributed by atoms with Gasteiger partial charge >= 0.3 is 12.2 Å². The summed E-state index contributed by atoms with van der Waals surface area (Å²) in [5, 5.41) is 3.93. The minimum atomic E-state index is -2.92. The van der Waals surface area contributed by atoms with Gasteiger partial charge in [-0.05, 0) is 123 Å². The Morgan fingerprint density at radius 1 is 1.06 bits per heavy atom. The topological polar surface area (TPSA) is 117 Å². The second-order valence-corrected chi connectivity index (χ2v) is 15.7. The monoisotopic (exact) mass is 713 g/mol. The van der Waals surface area contributed by atoms with Crippen molar-refractivity contribution in [1.29, 1.82) is 0 Å². The molecule has 11 nitrogen and oxygen atoms in total. The van der Waals surface area contributed by atoms with Crippen molar-refractivity contribution in [3.63, 3.8) is 0 Å². The smallest absolute Gasteiger partial charge is 0.427 e. The van der Waals surface area contributed by atoms with Gasteiger partial charge in [0.1, 0.15) is 34.9 Å². The van der Waals surface area contributed by atoms with Crippen molar-refractivity contribution in [2.24, 2.45) is 0 Å². The SMILES string of the molecule is Cc1nc(N(C(=O)OC(C)(C)C)C(=O)OC(C)(C)C)nc2c1ccn2[C@@H]1C=C(CCc2cc(C(F)F)c(F)c3c2CNCC3)[C@H]2OC(C)(C)O[C@H]21. The van der Waals surface area contributed by atoms with Crippen LogP contribution < -0.4 is 10.2 Å². The summed E-state index contributed by atoms with van der Waals surface area (Å²) in [6.07, 6.45) is -0.745. The zero-order valence-corrected chi connectivity index (χ0v) is 30.5. The van der Waals surface area contributed by atoms with Gasteiger partial charge in [-0.1, -0.05) is 6.08 Å². The minimum absolute atomic E-state index is 0.212. The van der Waals surface area contributed by atoms with Crippen LogP contribution in [0.25, 0.3) is 11.0 Å². The second kappa shape index (κ2) is 13.2. The van der Waals surface area contributed by atoms with Crippen LogP contribution in [0, 0.1) is 12.7 Å². The van der Waals surface area contributed by atoms with Crippen LogP contribution in [0.15, 0.2) is 30.0 Å². The van der Waals surface area contributed by atoms with E-state index >= 15 is 4.39 Å². The lowest BCUT2D eigenvalue weighted by Crippen LogP contribution is -2.44. The van der Waals surface area contributed by atoms with Gasteiger partial charge < -0.3 is 28.8 Å². The summed E-state index contributed by atoms with van der Waals surface area (Å²) >= 11 is 0. The number of aryl methyl sites for hydroxylation is 2. The standard InChI is InChI=1S/C37H46F3N5O6/c1-19-22-13-15-44(31(22)43-32(42-19)45(33(46)50-35(2,3)4)34(47)51-36(5,6)7)26-17-21(28-29(26)49-37(8,9)48-28)11-10-20-16-24(30(39)40)27(38)23-12-14-41-18-25(20)23/h13,15-17,26,28-30,41H,10-12,14,18H2,1-9H3/t26-,28-,29+/m1/s1. The van der Waals surface area contributed by atoms with Crippen LogP contribution >= 0.6 is 0 Å². The Hall–Kier alpha value is -4.01. The lowest BCUT2D eigenvalue weighted by molar-refractivity contribution is -0.147. The fourth-order valence-electron chi connectivity index (χ4n) is 6.97. The molecular weight excluding hydrogens is 667 g/mol. The lowest BCUT2D eigenvalue weighted by atomic mass is 9.89. The first-order valence-electron chi connectivity index (χ1n) is 17.2. The van der Waals surface area contributed by atoms with Crippen LogP contribution in [-0.2, 0) is 38.3 Å². The number of imide groups is 1. The van der Waals surface area contributed by atoms with Gasteiger partial charge in [-0.15, -0.1) is 4.90 Å². The van der Waals surface area contributed by atoms with Gasteiger partial charge in [-0.25, -0.2) is 27.7 Å². The number of nitrogens with one attached hydrogen (secondary N) is 1. The van der Waals surface area contributed by atoms with Gasteiger partial charge in [0, 0.05) is 18.1 Å². The van der Waals surface area contributed by atoms with E-state index in [9.17, 15) is 18.4 Å². The molecule has 1 aromatic carbocycles. The molecule has 2 aliphatic heterocycles. The van der Waals surface area contributed by atoms with Crippen LogP contribution in [-0.4, -0.2) is 62.5 Å². The number of ether oxygens (including phenoxy) is 4. The Labute approximate surface area is 295 Å². The molecule has 3 atom stereocenters. The van der Waals surface area contributed by atoms with Crippen molar-refractivity contribution in [2.45, 2.75) is 130 Å². The minimum Gasteiger partial charge on any atom is -0.443 e. The fraction of sp³-hybridized carbons (Fsp3) is 0.568. The van der Waals surface area contributed by atoms with E-state index < -0.39 is 65.2 Å². The third-order valence-corrected chi connectivity index (χ3v) is 9.01.